The molecule has 0 bridgehead atoms. The molecular formula is C16H14ClN3O. The molecule has 21 heavy (non-hydrogen) atoms. The van der Waals surface area contributed by atoms with Gasteiger partial charge in [-0.3, -0.25) is 4.79 Å². The van der Waals surface area contributed by atoms with Gasteiger partial charge in [0.15, 0.2) is 0 Å². The molecular weight excluding hydrogens is 286 g/mol. The van der Waals surface area contributed by atoms with Crippen molar-refractivity contribution in [2.24, 2.45) is 0 Å². The zero-order valence-corrected chi connectivity index (χ0v) is 12.3. The van der Waals surface area contributed by atoms with Gasteiger partial charge in [-0.1, -0.05) is 29.8 Å². The van der Waals surface area contributed by atoms with Crippen LogP contribution < -0.4 is 5.32 Å². The van der Waals surface area contributed by atoms with Gasteiger partial charge < -0.3 is 9.88 Å². The quantitative estimate of drug-likeness (QED) is 0.802. The maximum absolute atomic E-state index is 12.2. The Kier molecular flexibility index (Phi) is 3.62. The van der Waals surface area contributed by atoms with E-state index in [-0.39, 0.29) is 12.5 Å². The average Bonchev–Trinajstić information content (AvgIpc) is 2.86. The Morgan fingerprint density at radius 3 is 2.95 bits per heavy atom. The molecule has 0 atom stereocenters. The number of carbonyl (C=O) groups excluding carboxylic acids is 1. The van der Waals surface area contributed by atoms with Crippen LogP contribution in [0.15, 0.2) is 48.8 Å². The SMILES string of the molecule is Cc1ccc(Cl)cc1NC(=O)Cn1cnc2ccccc21. The number of aromatic nitrogens is 2. The molecule has 0 fully saturated rings. The van der Waals surface area contributed by atoms with Crippen molar-refractivity contribution in [1.82, 2.24) is 9.55 Å². The summed E-state index contributed by atoms with van der Waals surface area (Å²) >= 11 is 5.95. The van der Waals surface area contributed by atoms with Gasteiger partial charge in [0.25, 0.3) is 0 Å². The van der Waals surface area contributed by atoms with Crippen LogP contribution in [0.25, 0.3) is 11.0 Å². The minimum absolute atomic E-state index is 0.108. The fourth-order valence-corrected chi connectivity index (χ4v) is 2.38. The van der Waals surface area contributed by atoms with Gasteiger partial charge in [-0.15, -0.1) is 0 Å². The first-order chi connectivity index (χ1) is 10.1. The highest BCUT2D eigenvalue weighted by Gasteiger charge is 2.08. The van der Waals surface area contributed by atoms with Gasteiger partial charge in [0.1, 0.15) is 6.54 Å². The Morgan fingerprint density at radius 2 is 2.10 bits per heavy atom. The number of halogens is 1. The maximum Gasteiger partial charge on any atom is 0.244 e. The lowest BCUT2D eigenvalue weighted by Gasteiger charge is -2.09. The average molecular weight is 300 g/mol. The second kappa shape index (κ2) is 5.58. The van der Waals surface area contributed by atoms with E-state index in [9.17, 15) is 4.79 Å². The van der Waals surface area contributed by atoms with E-state index in [0.717, 1.165) is 22.3 Å². The number of hydrogen-bond donors (Lipinski definition) is 1. The molecule has 5 heteroatoms. The Labute approximate surface area is 127 Å². The van der Waals surface area contributed by atoms with Crippen LogP contribution in [-0.4, -0.2) is 15.5 Å². The normalized spacial score (nSPS) is 10.8. The number of hydrogen-bond acceptors (Lipinski definition) is 2. The Balaban J connectivity index is 1.79. The van der Waals surface area contributed by atoms with Crippen LogP contribution in [0.3, 0.4) is 0 Å². The largest absolute Gasteiger partial charge is 0.324 e. The molecule has 0 spiro atoms. The van der Waals surface area contributed by atoms with Crippen molar-refractivity contribution in [2.75, 3.05) is 5.32 Å². The molecule has 0 saturated carbocycles. The lowest BCUT2D eigenvalue weighted by Crippen LogP contribution is -2.18. The molecule has 1 heterocycles. The van der Waals surface area contributed by atoms with E-state index in [1.165, 1.54) is 0 Å². The standard InChI is InChI=1S/C16H14ClN3O/c1-11-6-7-12(17)8-14(11)19-16(21)9-20-10-18-13-4-2-3-5-15(13)20/h2-8,10H,9H2,1H3,(H,19,21). The van der Waals surface area contributed by atoms with Gasteiger partial charge >= 0.3 is 0 Å². The molecule has 0 saturated heterocycles. The van der Waals surface area contributed by atoms with E-state index in [2.05, 4.69) is 10.3 Å². The number of benzene rings is 2. The van der Waals surface area contributed by atoms with Gasteiger partial charge in [0, 0.05) is 10.7 Å². The lowest BCUT2D eigenvalue weighted by molar-refractivity contribution is -0.116. The monoisotopic (exact) mass is 299 g/mol. The molecule has 0 aliphatic rings. The number of fused-ring (bicyclic) bond motifs is 1. The van der Waals surface area contributed by atoms with Crippen molar-refractivity contribution in [1.29, 1.82) is 0 Å². The van der Waals surface area contributed by atoms with E-state index < -0.39 is 0 Å². The number of para-hydroxylation sites is 2. The van der Waals surface area contributed by atoms with Crippen molar-refractivity contribution in [3.05, 3.63) is 59.4 Å². The van der Waals surface area contributed by atoms with Crippen LogP contribution >= 0.6 is 11.6 Å². The molecule has 106 valence electrons. The third kappa shape index (κ3) is 2.90. The first-order valence-electron chi connectivity index (χ1n) is 6.59. The van der Waals surface area contributed by atoms with Crippen LogP contribution in [0.1, 0.15) is 5.56 Å². The number of imidazole rings is 1. The molecule has 4 nitrogen and oxygen atoms in total. The zero-order valence-electron chi connectivity index (χ0n) is 11.5. The predicted molar refractivity (Wildman–Crippen MR) is 84.6 cm³/mol. The molecule has 3 rings (SSSR count). The molecule has 3 aromatic rings. The van der Waals surface area contributed by atoms with Crippen molar-refractivity contribution < 1.29 is 4.79 Å². The van der Waals surface area contributed by atoms with Gasteiger partial charge in [0.2, 0.25) is 5.91 Å². The summed E-state index contributed by atoms with van der Waals surface area (Å²) < 4.78 is 1.82. The number of nitrogens with zero attached hydrogens (tertiary/aromatic N) is 2. The second-order valence-electron chi connectivity index (χ2n) is 4.87. The summed E-state index contributed by atoms with van der Waals surface area (Å²) in [6.45, 7) is 2.14. The first kappa shape index (κ1) is 13.6. The Bertz CT molecular complexity index is 810. The summed E-state index contributed by atoms with van der Waals surface area (Å²) in [5, 5.41) is 3.48. The van der Waals surface area contributed by atoms with Crippen LogP contribution in [0.5, 0.6) is 0 Å². The van der Waals surface area contributed by atoms with Crippen LogP contribution in [0, 0.1) is 6.92 Å². The predicted octanol–water partition coefficient (Wildman–Crippen LogP) is 3.64. The molecule has 1 N–H and O–H groups in total. The second-order valence-corrected chi connectivity index (χ2v) is 5.31. The Morgan fingerprint density at radius 1 is 1.29 bits per heavy atom. The van der Waals surface area contributed by atoms with Gasteiger partial charge in [-0.2, -0.15) is 0 Å². The molecule has 1 aromatic heterocycles. The third-order valence-electron chi connectivity index (χ3n) is 3.32. The topological polar surface area (TPSA) is 46.9 Å². The number of anilines is 1. The van der Waals surface area contributed by atoms with Gasteiger partial charge in [-0.25, -0.2) is 4.98 Å². The van der Waals surface area contributed by atoms with Crippen LogP contribution in [-0.2, 0) is 11.3 Å². The van der Waals surface area contributed by atoms with E-state index >= 15 is 0 Å². The fourth-order valence-electron chi connectivity index (χ4n) is 2.21. The van der Waals surface area contributed by atoms with E-state index in [0.29, 0.717) is 5.02 Å². The molecule has 0 aliphatic carbocycles. The summed E-state index contributed by atoms with van der Waals surface area (Å²) in [5.74, 6) is -0.108. The first-order valence-corrected chi connectivity index (χ1v) is 6.97. The lowest BCUT2D eigenvalue weighted by atomic mass is 10.2. The molecule has 1 amide bonds. The van der Waals surface area contributed by atoms with E-state index in [1.54, 1.807) is 18.5 Å². The van der Waals surface area contributed by atoms with Crippen LogP contribution in [0.4, 0.5) is 5.69 Å². The number of rotatable bonds is 3. The summed E-state index contributed by atoms with van der Waals surface area (Å²) in [6, 6.07) is 13.2. The van der Waals surface area contributed by atoms with E-state index in [4.69, 9.17) is 11.6 Å². The third-order valence-corrected chi connectivity index (χ3v) is 3.55. The van der Waals surface area contributed by atoms with Gasteiger partial charge in [0.05, 0.1) is 17.4 Å². The van der Waals surface area contributed by atoms with E-state index in [1.807, 2.05) is 41.8 Å². The minimum Gasteiger partial charge on any atom is -0.324 e. The number of aryl methyl sites for hydroxylation is 1. The summed E-state index contributed by atoms with van der Waals surface area (Å²) in [5.41, 5.74) is 3.53. The fraction of sp³-hybridized carbons (Fsp3) is 0.125. The van der Waals surface area contributed by atoms with Crippen molar-refractivity contribution in [2.45, 2.75) is 13.5 Å². The highest BCUT2D eigenvalue weighted by atomic mass is 35.5. The summed E-state index contributed by atoms with van der Waals surface area (Å²) in [7, 11) is 0. The highest BCUT2D eigenvalue weighted by molar-refractivity contribution is 6.31. The summed E-state index contributed by atoms with van der Waals surface area (Å²) in [6.07, 6.45) is 1.68. The number of carbonyl (C=O) groups is 1. The van der Waals surface area contributed by atoms with Gasteiger partial charge in [-0.05, 0) is 36.8 Å². The van der Waals surface area contributed by atoms with Crippen molar-refractivity contribution >= 4 is 34.2 Å². The van der Waals surface area contributed by atoms with Crippen molar-refractivity contribution in [3.8, 4) is 0 Å². The molecule has 0 radical (unpaired) electrons. The van der Waals surface area contributed by atoms with Crippen LogP contribution in [0.2, 0.25) is 5.02 Å². The maximum atomic E-state index is 12.2. The zero-order chi connectivity index (χ0) is 14.8. The Hall–Kier alpha value is -2.33. The molecule has 2 aromatic carbocycles. The molecule has 0 aliphatic heterocycles. The smallest absolute Gasteiger partial charge is 0.244 e. The number of nitrogens with one attached hydrogen (secondary N) is 1. The highest BCUT2D eigenvalue weighted by Crippen LogP contribution is 2.20. The van der Waals surface area contributed by atoms with Crippen molar-refractivity contribution in [3.63, 3.8) is 0 Å². The minimum atomic E-state index is -0.108. The number of amides is 1. The molecule has 0 unspecified atom stereocenters. The summed E-state index contributed by atoms with van der Waals surface area (Å²) in [4.78, 5) is 16.5.